The van der Waals surface area contributed by atoms with Crippen molar-refractivity contribution in [3.05, 3.63) is 35.4 Å². The molecule has 0 atom stereocenters. The van der Waals surface area contributed by atoms with Gasteiger partial charge in [-0.25, -0.2) is 0 Å². The molecule has 3 heterocycles. The van der Waals surface area contributed by atoms with Crippen LogP contribution >= 0.6 is 0 Å². The predicted octanol–water partition coefficient (Wildman–Crippen LogP) is 2.02. The zero-order valence-electron chi connectivity index (χ0n) is 12.8. The first kappa shape index (κ1) is 13.9. The molecule has 2 aromatic heterocycles. The summed E-state index contributed by atoms with van der Waals surface area (Å²) < 4.78 is 3.83. The van der Waals surface area contributed by atoms with Crippen LogP contribution in [-0.4, -0.2) is 36.9 Å². The molecule has 0 saturated carbocycles. The minimum absolute atomic E-state index is 0.0502. The molecule has 1 amide bonds. The average molecular weight is 287 g/mol. The molecule has 1 aliphatic rings. The summed E-state index contributed by atoms with van der Waals surface area (Å²) in [6.07, 6.45) is 4.42. The maximum atomic E-state index is 12.6. The highest BCUT2D eigenvalue weighted by Crippen LogP contribution is 2.16. The van der Waals surface area contributed by atoms with Gasteiger partial charge in [0.05, 0.1) is 29.7 Å². The number of carbonyl (C=O) groups is 1. The normalized spacial score (nSPS) is 15.1. The van der Waals surface area contributed by atoms with E-state index in [4.69, 9.17) is 0 Å². The zero-order chi connectivity index (χ0) is 15.0. The number of carbonyl (C=O) groups excluding carboxylic acids is 1. The van der Waals surface area contributed by atoms with Gasteiger partial charge < -0.3 is 4.90 Å². The van der Waals surface area contributed by atoms with Gasteiger partial charge in [0, 0.05) is 25.3 Å². The summed E-state index contributed by atoms with van der Waals surface area (Å²) in [6, 6.07) is 2.32. The van der Waals surface area contributed by atoms with Crippen molar-refractivity contribution in [1.29, 1.82) is 0 Å². The number of hydrogen-bond donors (Lipinski definition) is 0. The third-order valence-electron chi connectivity index (χ3n) is 3.80. The summed E-state index contributed by atoms with van der Waals surface area (Å²) in [5, 5.41) is 8.72. The molecular weight excluding hydrogens is 266 g/mol. The number of aromatic nitrogens is 4. The molecule has 0 spiro atoms. The van der Waals surface area contributed by atoms with E-state index >= 15 is 0 Å². The number of hydrogen-bond acceptors (Lipinski definition) is 3. The Morgan fingerprint density at radius 2 is 2.14 bits per heavy atom. The van der Waals surface area contributed by atoms with Crippen LogP contribution in [0.25, 0.3) is 0 Å². The molecule has 0 fully saturated rings. The quantitative estimate of drug-likeness (QED) is 0.849. The van der Waals surface area contributed by atoms with Crippen molar-refractivity contribution in [2.45, 2.75) is 46.3 Å². The first-order valence-electron chi connectivity index (χ1n) is 7.41. The maximum Gasteiger partial charge on any atom is 0.257 e. The number of amides is 1. The second-order valence-corrected chi connectivity index (χ2v) is 5.88. The summed E-state index contributed by atoms with van der Waals surface area (Å²) in [5.74, 6) is 0.0502. The van der Waals surface area contributed by atoms with Crippen LogP contribution in [0.2, 0.25) is 0 Å². The highest BCUT2D eigenvalue weighted by molar-refractivity contribution is 5.93. The van der Waals surface area contributed by atoms with Gasteiger partial charge in [-0.2, -0.15) is 10.2 Å². The molecule has 6 heteroatoms. The Hall–Kier alpha value is -2.11. The summed E-state index contributed by atoms with van der Waals surface area (Å²) in [6.45, 7) is 8.34. The van der Waals surface area contributed by atoms with E-state index in [9.17, 15) is 4.79 Å². The topological polar surface area (TPSA) is 56.0 Å². The van der Waals surface area contributed by atoms with Gasteiger partial charge in [-0.05, 0) is 33.3 Å². The monoisotopic (exact) mass is 287 g/mol. The molecule has 1 aliphatic heterocycles. The van der Waals surface area contributed by atoms with Crippen molar-refractivity contribution >= 4 is 5.91 Å². The van der Waals surface area contributed by atoms with Crippen LogP contribution in [0.3, 0.4) is 0 Å². The lowest BCUT2D eigenvalue weighted by Gasteiger charge is -2.19. The van der Waals surface area contributed by atoms with Crippen molar-refractivity contribution in [3.8, 4) is 0 Å². The van der Waals surface area contributed by atoms with Gasteiger partial charge in [0.15, 0.2) is 0 Å². The van der Waals surface area contributed by atoms with Crippen molar-refractivity contribution in [2.24, 2.45) is 0 Å². The molecule has 0 aromatic carbocycles. The molecule has 0 bridgehead atoms. The first-order valence-corrected chi connectivity index (χ1v) is 7.41. The summed E-state index contributed by atoms with van der Waals surface area (Å²) in [7, 11) is 0. The maximum absolute atomic E-state index is 12.6. The second-order valence-electron chi connectivity index (χ2n) is 5.88. The van der Waals surface area contributed by atoms with E-state index in [1.807, 2.05) is 27.4 Å². The lowest BCUT2D eigenvalue weighted by molar-refractivity contribution is 0.0745. The lowest BCUT2D eigenvalue weighted by Crippen LogP contribution is -2.30. The molecule has 21 heavy (non-hydrogen) atoms. The third kappa shape index (κ3) is 2.70. The van der Waals surface area contributed by atoms with Gasteiger partial charge in [0.25, 0.3) is 5.91 Å². The van der Waals surface area contributed by atoms with Crippen molar-refractivity contribution in [2.75, 3.05) is 6.54 Å². The largest absolute Gasteiger partial charge is 0.333 e. The van der Waals surface area contributed by atoms with E-state index in [0.29, 0.717) is 12.1 Å². The fourth-order valence-corrected chi connectivity index (χ4v) is 2.69. The number of aryl methyl sites for hydroxylation is 2. The number of fused-ring (bicyclic) bond motifs is 1. The lowest BCUT2D eigenvalue weighted by atomic mass is 10.2. The Balaban J connectivity index is 1.81. The molecule has 0 radical (unpaired) electrons. The van der Waals surface area contributed by atoms with Crippen LogP contribution < -0.4 is 0 Å². The Labute approximate surface area is 124 Å². The van der Waals surface area contributed by atoms with Gasteiger partial charge in [-0.1, -0.05) is 0 Å². The number of nitrogens with zero attached hydrogens (tertiary/aromatic N) is 5. The van der Waals surface area contributed by atoms with Gasteiger partial charge in [-0.3, -0.25) is 14.2 Å². The fourth-order valence-electron chi connectivity index (χ4n) is 2.69. The molecule has 0 saturated heterocycles. The van der Waals surface area contributed by atoms with Crippen LogP contribution in [0.4, 0.5) is 0 Å². The van der Waals surface area contributed by atoms with Gasteiger partial charge in [0.2, 0.25) is 0 Å². The highest BCUT2D eigenvalue weighted by Gasteiger charge is 2.22. The van der Waals surface area contributed by atoms with Crippen molar-refractivity contribution < 1.29 is 4.79 Å². The highest BCUT2D eigenvalue weighted by atomic mass is 16.2. The molecule has 0 aliphatic carbocycles. The summed E-state index contributed by atoms with van der Waals surface area (Å²) >= 11 is 0. The zero-order valence-corrected chi connectivity index (χ0v) is 12.8. The van der Waals surface area contributed by atoms with E-state index in [-0.39, 0.29) is 11.9 Å². The SMILES string of the molecule is Cc1cc2n(n1)CCCN(C(=O)c1cnn(C(C)C)c1)C2. The van der Waals surface area contributed by atoms with Crippen LogP contribution in [0, 0.1) is 6.92 Å². The van der Waals surface area contributed by atoms with Gasteiger partial charge >= 0.3 is 0 Å². The van der Waals surface area contributed by atoms with Crippen molar-refractivity contribution in [1.82, 2.24) is 24.5 Å². The molecule has 0 N–H and O–H groups in total. The molecule has 0 unspecified atom stereocenters. The Kier molecular flexibility index (Phi) is 3.53. The Morgan fingerprint density at radius 1 is 1.33 bits per heavy atom. The standard InChI is InChI=1S/C15H21N5O/c1-11(2)20-9-13(8-16-20)15(21)18-5-4-6-19-14(10-18)7-12(3)17-19/h7-9,11H,4-6,10H2,1-3H3. The molecule has 6 nitrogen and oxygen atoms in total. The minimum Gasteiger partial charge on any atom is -0.333 e. The Morgan fingerprint density at radius 3 is 2.86 bits per heavy atom. The first-order chi connectivity index (χ1) is 10.0. The minimum atomic E-state index is 0.0502. The van der Waals surface area contributed by atoms with E-state index < -0.39 is 0 Å². The van der Waals surface area contributed by atoms with Gasteiger partial charge in [0.1, 0.15) is 0 Å². The fraction of sp³-hybridized carbons (Fsp3) is 0.533. The number of rotatable bonds is 2. The van der Waals surface area contributed by atoms with E-state index in [1.54, 1.807) is 6.20 Å². The van der Waals surface area contributed by atoms with Crippen LogP contribution in [-0.2, 0) is 13.1 Å². The Bertz CT molecular complexity index is 655. The van der Waals surface area contributed by atoms with Crippen LogP contribution in [0.5, 0.6) is 0 Å². The average Bonchev–Trinajstić information content (AvgIpc) is 3.00. The van der Waals surface area contributed by atoms with Gasteiger partial charge in [-0.15, -0.1) is 0 Å². The molecule has 112 valence electrons. The van der Waals surface area contributed by atoms with E-state index in [0.717, 1.165) is 30.9 Å². The van der Waals surface area contributed by atoms with Crippen LogP contribution in [0.15, 0.2) is 18.5 Å². The molecule has 3 rings (SSSR count). The summed E-state index contributed by atoms with van der Waals surface area (Å²) in [5.41, 5.74) is 2.77. The predicted molar refractivity (Wildman–Crippen MR) is 78.9 cm³/mol. The third-order valence-corrected chi connectivity index (χ3v) is 3.80. The summed E-state index contributed by atoms with van der Waals surface area (Å²) in [4.78, 5) is 14.5. The van der Waals surface area contributed by atoms with Crippen molar-refractivity contribution in [3.63, 3.8) is 0 Å². The molecular formula is C15H21N5O. The van der Waals surface area contributed by atoms with Crippen LogP contribution in [0.1, 0.15) is 48.1 Å². The van der Waals surface area contributed by atoms with E-state index in [2.05, 4.69) is 30.1 Å². The second kappa shape index (κ2) is 5.35. The molecule has 2 aromatic rings. The van der Waals surface area contributed by atoms with E-state index in [1.165, 1.54) is 0 Å². The smallest absolute Gasteiger partial charge is 0.257 e.